The van der Waals surface area contributed by atoms with Crippen molar-refractivity contribution in [2.24, 2.45) is 5.92 Å². The number of carboxylic acid groups (broad SMARTS) is 1. The number of ether oxygens (including phenoxy) is 1. The number of benzene rings is 1. The quantitative estimate of drug-likeness (QED) is 0.850. The molecule has 20 heavy (non-hydrogen) atoms. The molecule has 1 N–H and O–H groups in total. The molecule has 7 heteroatoms. The summed E-state index contributed by atoms with van der Waals surface area (Å²) in [4.78, 5) is 10.9. The maximum Gasteiger partial charge on any atom is 0.308 e. The highest BCUT2D eigenvalue weighted by atomic mass is 16.5. The van der Waals surface area contributed by atoms with E-state index in [1.165, 1.54) is 4.68 Å². The number of hydrogen-bond donors (Lipinski definition) is 1. The SMILES string of the molecule is COC(c1ccccc1)c1nnnn1CC(C)C(=O)O. The van der Waals surface area contributed by atoms with Crippen LogP contribution in [0.3, 0.4) is 0 Å². The lowest BCUT2D eigenvalue weighted by Crippen LogP contribution is -2.21. The maximum atomic E-state index is 10.9. The third-order valence-corrected chi connectivity index (χ3v) is 3.00. The van der Waals surface area contributed by atoms with E-state index in [0.29, 0.717) is 5.82 Å². The first kappa shape index (κ1) is 14.1. The Morgan fingerprint density at radius 3 is 2.70 bits per heavy atom. The van der Waals surface area contributed by atoms with Crippen LogP contribution in [0.15, 0.2) is 30.3 Å². The van der Waals surface area contributed by atoms with Gasteiger partial charge in [0.15, 0.2) is 5.82 Å². The first-order chi connectivity index (χ1) is 9.63. The van der Waals surface area contributed by atoms with Crippen LogP contribution < -0.4 is 0 Å². The molecule has 106 valence electrons. The first-order valence-electron chi connectivity index (χ1n) is 6.20. The molecule has 1 aromatic carbocycles. The van der Waals surface area contributed by atoms with Crippen molar-refractivity contribution in [2.75, 3.05) is 7.11 Å². The van der Waals surface area contributed by atoms with Crippen LogP contribution in [0.5, 0.6) is 0 Å². The standard InChI is InChI=1S/C13H16N4O3/c1-9(13(18)19)8-17-12(14-15-16-17)11(20-2)10-6-4-3-5-7-10/h3-7,9,11H,8H2,1-2H3,(H,18,19). The fraction of sp³-hybridized carbons (Fsp3) is 0.385. The van der Waals surface area contributed by atoms with E-state index < -0.39 is 18.0 Å². The van der Waals surface area contributed by atoms with Gasteiger partial charge in [-0.15, -0.1) is 5.10 Å². The maximum absolute atomic E-state index is 10.9. The zero-order chi connectivity index (χ0) is 14.5. The van der Waals surface area contributed by atoms with Crippen LogP contribution in [0.2, 0.25) is 0 Å². The highest BCUT2D eigenvalue weighted by molar-refractivity contribution is 5.69. The van der Waals surface area contributed by atoms with E-state index in [-0.39, 0.29) is 6.54 Å². The van der Waals surface area contributed by atoms with Gasteiger partial charge in [0.05, 0.1) is 12.5 Å². The summed E-state index contributed by atoms with van der Waals surface area (Å²) in [6.07, 6.45) is -0.424. The molecule has 0 saturated heterocycles. The third kappa shape index (κ3) is 3.00. The summed E-state index contributed by atoms with van der Waals surface area (Å²) in [7, 11) is 1.57. The first-order valence-corrected chi connectivity index (χ1v) is 6.20. The van der Waals surface area contributed by atoms with Crippen LogP contribution in [0, 0.1) is 5.92 Å². The van der Waals surface area contributed by atoms with Crippen molar-refractivity contribution in [3.05, 3.63) is 41.7 Å². The summed E-state index contributed by atoms with van der Waals surface area (Å²) >= 11 is 0. The van der Waals surface area contributed by atoms with Gasteiger partial charge in [0.2, 0.25) is 0 Å². The molecule has 0 aliphatic rings. The minimum absolute atomic E-state index is 0.199. The molecular formula is C13H16N4O3. The van der Waals surface area contributed by atoms with Gasteiger partial charge in [0.1, 0.15) is 6.10 Å². The predicted octanol–water partition coefficient (Wildman–Crippen LogP) is 1.13. The molecule has 7 nitrogen and oxygen atoms in total. The molecule has 1 heterocycles. The second-order valence-electron chi connectivity index (χ2n) is 4.48. The summed E-state index contributed by atoms with van der Waals surface area (Å²) in [6.45, 7) is 1.81. The normalized spacial score (nSPS) is 13.9. The number of nitrogens with zero attached hydrogens (tertiary/aromatic N) is 4. The highest BCUT2D eigenvalue weighted by Crippen LogP contribution is 2.23. The minimum atomic E-state index is -0.889. The van der Waals surface area contributed by atoms with Crippen molar-refractivity contribution in [1.82, 2.24) is 20.2 Å². The number of hydrogen-bond acceptors (Lipinski definition) is 5. The Morgan fingerprint density at radius 2 is 2.10 bits per heavy atom. The minimum Gasteiger partial charge on any atom is -0.481 e. The molecule has 0 amide bonds. The van der Waals surface area contributed by atoms with Crippen LogP contribution in [0.4, 0.5) is 0 Å². The lowest BCUT2D eigenvalue weighted by molar-refractivity contribution is -0.141. The summed E-state index contributed by atoms with van der Waals surface area (Å²) in [5.41, 5.74) is 0.911. The van der Waals surface area contributed by atoms with E-state index in [2.05, 4.69) is 15.5 Å². The van der Waals surface area contributed by atoms with Gasteiger partial charge in [-0.05, 0) is 16.0 Å². The van der Waals surface area contributed by atoms with Crippen LogP contribution in [0.25, 0.3) is 0 Å². The number of methoxy groups -OCH3 is 1. The molecule has 0 radical (unpaired) electrons. The number of tetrazole rings is 1. The lowest BCUT2D eigenvalue weighted by Gasteiger charge is -2.16. The van der Waals surface area contributed by atoms with E-state index >= 15 is 0 Å². The lowest BCUT2D eigenvalue weighted by atomic mass is 10.1. The summed E-state index contributed by atoms with van der Waals surface area (Å²) in [5, 5.41) is 20.4. The third-order valence-electron chi connectivity index (χ3n) is 3.00. The van der Waals surface area contributed by atoms with Gasteiger partial charge in [-0.25, -0.2) is 4.68 Å². The molecule has 1 aromatic heterocycles. The summed E-state index contributed by atoms with van der Waals surface area (Å²) in [5.74, 6) is -0.975. The van der Waals surface area contributed by atoms with Crippen molar-refractivity contribution >= 4 is 5.97 Å². The smallest absolute Gasteiger partial charge is 0.308 e. The predicted molar refractivity (Wildman–Crippen MR) is 69.9 cm³/mol. The van der Waals surface area contributed by atoms with Crippen molar-refractivity contribution in [2.45, 2.75) is 19.6 Å². The molecular weight excluding hydrogens is 260 g/mol. The number of aliphatic carboxylic acids is 1. The highest BCUT2D eigenvalue weighted by Gasteiger charge is 2.23. The summed E-state index contributed by atoms with van der Waals surface area (Å²) in [6, 6.07) is 9.53. The Kier molecular flexibility index (Phi) is 4.41. The van der Waals surface area contributed by atoms with Gasteiger partial charge in [-0.3, -0.25) is 4.79 Å². The van der Waals surface area contributed by atoms with Gasteiger partial charge in [0.25, 0.3) is 0 Å². The topological polar surface area (TPSA) is 90.1 Å². The zero-order valence-electron chi connectivity index (χ0n) is 11.3. The van der Waals surface area contributed by atoms with Crippen molar-refractivity contribution in [1.29, 1.82) is 0 Å². The number of rotatable bonds is 6. The second-order valence-corrected chi connectivity index (χ2v) is 4.48. The Labute approximate surface area is 116 Å². The van der Waals surface area contributed by atoms with Crippen molar-refractivity contribution < 1.29 is 14.6 Å². The Bertz CT molecular complexity index is 570. The van der Waals surface area contributed by atoms with Gasteiger partial charge in [0, 0.05) is 7.11 Å². The van der Waals surface area contributed by atoms with Crippen LogP contribution >= 0.6 is 0 Å². The van der Waals surface area contributed by atoms with E-state index in [9.17, 15) is 4.79 Å². The van der Waals surface area contributed by atoms with Gasteiger partial charge in [-0.2, -0.15) is 0 Å². The van der Waals surface area contributed by atoms with Crippen LogP contribution in [-0.4, -0.2) is 38.4 Å². The fourth-order valence-electron chi connectivity index (χ4n) is 1.89. The van der Waals surface area contributed by atoms with Crippen LogP contribution in [-0.2, 0) is 16.1 Å². The van der Waals surface area contributed by atoms with E-state index in [1.54, 1.807) is 14.0 Å². The van der Waals surface area contributed by atoms with E-state index in [4.69, 9.17) is 9.84 Å². The van der Waals surface area contributed by atoms with Crippen molar-refractivity contribution in [3.63, 3.8) is 0 Å². The molecule has 0 saturated carbocycles. The Morgan fingerprint density at radius 1 is 1.40 bits per heavy atom. The average molecular weight is 276 g/mol. The van der Waals surface area contributed by atoms with E-state index in [0.717, 1.165) is 5.56 Å². The molecule has 2 rings (SSSR count). The van der Waals surface area contributed by atoms with E-state index in [1.807, 2.05) is 30.3 Å². The van der Waals surface area contributed by atoms with Gasteiger partial charge < -0.3 is 9.84 Å². The Balaban J connectivity index is 2.28. The fourth-order valence-corrected chi connectivity index (χ4v) is 1.89. The zero-order valence-corrected chi connectivity index (χ0v) is 11.3. The Hall–Kier alpha value is -2.28. The average Bonchev–Trinajstić information content (AvgIpc) is 2.89. The van der Waals surface area contributed by atoms with Gasteiger partial charge >= 0.3 is 5.97 Å². The number of carbonyl (C=O) groups is 1. The molecule has 2 unspecified atom stereocenters. The second kappa shape index (κ2) is 6.25. The largest absolute Gasteiger partial charge is 0.481 e. The monoisotopic (exact) mass is 276 g/mol. The van der Waals surface area contributed by atoms with Crippen molar-refractivity contribution in [3.8, 4) is 0 Å². The molecule has 2 atom stereocenters. The molecule has 0 spiro atoms. The molecule has 0 fully saturated rings. The van der Waals surface area contributed by atoms with Crippen LogP contribution in [0.1, 0.15) is 24.4 Å². The molecule has 0 bridgehead atoms. The van der Waals surface area contributed by atoms with Gasteiger partial charge in [-0.1, -0.05) is 37.3 Å². The number of aromatic nitrogens is 4. The summed E-state index contributed by atoms with van der Waals surface area (Å²) < 4.78 is 6.92. The molecule has 2 aromatic rings. The number of carboxylic acids is 1. The molecule has 0 aliphatic carbocycles. The molecule has 0 aliphatic heterocycles.